The second-order valence-electron chi connectivity index (χ2n) is 6.41. The molecule has 0 aromatic carbocycles. The fourth-order valence-electron chi connectivity index (χ4n) is 2.94. The van der Waals surface area contributed by atoms with Crippen LogP contribution in [0.2, 0.25) is 0 Å². The molecule has 2 aromatic rings. The van der Waals surface area contributed by atoms with Gasteiger partial charge >= 0.3 is 0 Å². The molecule has 2 rings (SSSR count). The van der Waals surface area contributed by atoms with Crippen LogP contribution in [0.1, 0.15) is 78.0 Å². The summed E-state index contributed by atoms with van der Waals surface area (Å²) < 4.78 is 1.91. The second-order valence-corrected chi connectivity index (χ2v) is 6.41. The largest absolute Gasteiger partial charge is 0.221 e. The van der Waals surface area contributed by atoms with Crippen LogP contribution >= 0.6 is 0 Å². The summed E-state index contributed by atoms with van der Waals surface area (Å²) in [5.41, 5.74) is 1.08. The monoisotopic (exact) mass is 287 g/mol. The van der Waals surface area contributed by atoms with Crippen LogP contribution in [0.15, 0.2) is 24.4 Å². The van der Waals surface area contributed by atoms with E-state index in [1.165, 1.54) is 51.4 Å². The number of fused-ring (bicyclic) bond motifs is 1. The molecular weight excluding hydrogens is 258 g/mol. The normalized spacial score (nSPS) is 14.4. The Morgan fingerprint density at radius 1 is 1.00 bits per heavy atom. The minimum absolute atomic E-state index is 0.121. The Kier molecular flexibility index (Phi) is 5.77. The van der Waals surface area contributed by atoms with Gasteiger partial charge in [0, 0.05) is 11.6 Å². The van der Waals surface area contributed by atoms with Gasteiger partial charge in [-0.1, -0.05) is 65.4 Å². The van der Waals surface area contributed by atoms with E-state index >= 15 is 0 Å². The van der Waals surface area contributed by atoms with Crippen LogP contribution in [0, 0.1) is 0 Å². The lowest BCUT2D eigenvalue weighted by atomic mass is 9.79. The SMILES string of the molecule is CCCCCCC(C)(CCCC)c1nc2ccccn2n1. The van der Waals surface area contributed by atoms with Crippen LogP contribution in [0.25, 0.3) is 5.65 Å². The molecule has 0 saturated carbocycles. The first kappa shape index (κ1) is 16.0. The van der Waals surface area contributed by atoms with E-state index in [1.54, 1.807) is 0 Å². The molecule has 2 aromatic heterocycles. The van der Waals surface area contributed by atoms with Gasteiger partial charge < -0.3 is 0 Å². The highest BCUT2D eigenvalue weighted by Crippen LogP contribution is 2.33. The van der Waals surface area contributed by atoms with E-state index in [0.717, 1.165) is 11.5 Å². The lowest BCUT2D eigenvalue weighted by Gasteiger charge is -2.26. The molecule has 0 amide bonds. The van der Waals surface area contributed by atoms with Crippen molar-refractivity contribution in [3.8, 4) is 0 Å². The summed E-state index contributed by atoms with van der Waals surface area (Å²) in [6.07, 6.45) is 12.1. The highest BCUT2D eigenvalue weighted by atomic mass is 15.3. The van der Waals surface area contributed by atoms with Crippen molar-refractivity contribution in [2.75, 3.05) is 0 Å². The maximum atomic E-state index is 4.79. The van der Waals surface area contributed by atoms with Gasteiger partial charge in [-0.2, -0.15) is 5.10 Å². The predicted octanol–water partition coefficient (Wildman–Crippen LogP) is 5.15. The summed E-state index contributed by atoms with van der Waals surface area (Å²) in [5.74, 6) is 1.03. The maximum Gasteiger partial charge on any atom is 0.157 e. The van der Waals surface area contributed by atoms with Gasteiger partial charge in [-0.05, 0) is 25.0 Å². The molecule has 1 unspecified atom stereocenters. The molecule has 1 atom stereocenters. The van der Waals surface area contributed by atoms with E-state index in [-0.39, 0.29) is 5.41 Å². The topological polar surface area (TPSA) is 30.2 Å². The minimum atomic E-state index is 0.121. The number of pyridine rings is 1. The van der Waals surface area contributed by atoms with Gasteiger partial charge in [0.1, 0.15) is 0 Å². The molecule has 3 heteroatoms. The van der Waals surface area contributed by atoms with E-state index < -0.39 is 0 Å². The van der Waals surface area contributed by atoms with Crippen LogP contribution in [0.3, 0.4) is 0 Å². The van der Waals surface area contributed by atoms with Crippen molar-refractivity contribution < 1.29 is 0 Å². The molecule has 0 aliphatic rings. The van der Waals surface area contributed by atoms with Crippen LogP contribution in [0.4, 0.5) is 0 Å². The van der Waals surface area contributed by atoms with Crippen molar-refractivity contribution >= 4 is 5.65 Å². The average molecular weight is 287 g/mol. The Morgan fingerprint density at radius 3 is 2.48 bits per heavy atom. The quantitative estimate of drug-likeness (QED) is 0.597. The van der Waals surface area contributed by atoms with E-state index in [9.17, 15) is 0 Å². The van der Waals surface area contributed by atoms with E-state index in [1.807, 2.05) is 28.9 Å². The summed E-state index contributed by atoms with van der Waals surface area (Å²) in [5, 5.41) is 4.74. The third-order valence-corrected chi connectivity index (χ3v) is 4.45. The second kappa shape index (κ2) is 7.58. The number of hydrogen-bond acceptors (Lipinski definition) is 2. The van der Waals surface area contributed by atoms with E-state index in [0.29, 0.717) is 0 Å². The molecule has 0 spiro atoms. The number of nitrogens with zero attached hydrogens (tertiary/aromatic N) is 3. The molecule has 0 aliphatic heterocycles. The van der Waals surface area contributed by atoms with Crippen molar-refractivity contribution in [3.05, 3.63) is 30.2 Å². The van der Waals surface area contributed by atoms with Gasteiger partial charge in [0.2, 0.25) is 0 Å². The Hall–Kier alpha value is -1.38. The predicted molar refractivity (Wildman–Crippen MR) is 88.6 cm³/mol. The first-order valence-electron chi connectivity index (χ1n) is 8.51. The number of hydrogen-bond donors (Lipinski definition) is 0. The molecule has 3 nitrogen and oxygen atoms in total. The van der Waals surface area contributed by atoms with Crippen molar-refractivity contribution in [3.63, 3.8) is 0 Å². The van der Waals surface area contributed by atoms with Gasteiger partial charge in [0.15, 0.2) is 11.5 Å². The highest BCUT2D eigenvalue weighted by molar-refractivity contribution is 5.37. The maximum absolute atomic E-state index is 4.79. The van der Waals surface area contributed by atoms with Crippen molar-refractivity contribution in [1.82, 2.24) is 14.6 Å². The molecule has 21 heavy (non-hydrogen) atoms. The molecule has 0 saturated heterocycles. The van der Waals surface area contributed by atoms with Gasteiger partial charge in [0.25, 0.3) is 0 Å². The Bertz CT molecular complexity index is 513. The third kappa shape index (κ3) is 4.05. The fourth-order valence-corrected chi connectivity index (χ4v) is 2.94. The zero-order valence-electron chi connectivity index (χ0n) is 13.8. The first-order chi connectivity index (χ1) is 10.2. The first-order valence-corrected chi connectivity index (χ1v) is 8.51. The molecule has 0 radical (unpaired) electrons. The Labute approximate surface area is 128 Å². The lowest BCUT2D eigenvalue weighted by Crippen LogP contribution is -2.24. The van der Waals surface area contributed by atoms with Crippen LogP contribution in [-0.2, 0) is 5.41 Å². The van der Waals surface area contributed by atoms with Gasteiger partial charge in [-0.3, -0.25) is 0 Å². The average Bonchev–Trinajstić information content (AvgIpc) is 2.94. The lowest BCUT2D eigenvalue weighted by molar-refractivity contribution is 0.350. The van der Waals surface area contributed by atoms with Gasteiger partial charge in [-0.15, -0.1) is 0 Å². The highest BCUT2D eigenvalue weighted by Gasteiger charge is 2.30. The summed E-state index contributed by atoms with van der Waals surface area (Å²) >= 11 is 0. The number of rotatable bonds is 9. The number of aromatic nitrogens is 3. The molecule has 2 heterocycles. The summed E-state index contributed by atoms with van der Waals surface area (Å²) in [6, 6.07) is 6.07. The Morgan fingerprint density at radius 2 is 1.76 bits per heavy atom. The summed E-state index contributed by atoms with van der Waals surface area (Å²) in [4.78, 5) is 4.79. The van der Waals surface area contributed by atoms with Crippen LogP contribution < -0.4 is 0 Å². The molecule has 0 fully saturated rings. The molecule has 0 N–H and O–H groups in total. The van der Waals surface area contributed by atoms with Crippen molar-refractivity contribution in [2.24, 2.45) is 0 Å². The Balaban J connectivity index is 2.16. The van der Waals surface area contributed by atoms with Gasteiger partial charge in [-0.25, -0.2) is 9.50 Å². The molecule has 0 aliphatic carbocycles. The minimum Gasteiger partial charge on any atom is -0.221 e. The molecule has 0 bridgehead atoms. The van der Waals surface area contributed by atoms with E-state index in [2.05, 4.69) is 20.8 Å². The molecule has 116 valence electrons. The van der Waals surface area contributed by atoms with Crippen molar-refractivity contribution in [2.45, 2.75) is 77.6 Å². The number of unbranched alkanes of at least 4 members (excludes halogenated alkanes) is 4. The third-order valence-electron chi connectivity index (χ3n) is 4.45. The fraction of sp³-hybridized carbons (Fsp3) is 0.667. The smallest absolute Gasteiger partial charge is 0.157 e. The zero-order valence-corrected chi connectivity index (χ0v) is 13.8. The zero-order chi connectivity index (χ0) is 15.1. The summed E-state index contributed by atoms with van der Waals surface area (Å²) in [7, 11) is 0. The van der Waals surface area contributed by atoms with Crippen LogP contribution in [-0.4, -0.2) is 14.6 Å². The van der Waals surface area contributed by atoms with E-state index in [4.69, 9.17) is 10.1 Å². The van der Waals surface area contributed by atoms with Crippen LogP contribution in [0.5, 0.6) is 0 Å². The van der Waals surface area contributed by atoms with Gasteiger partial charge in [0.05, 0.1) is 0 Å². The molecular formula is C18H29N3. The standard InChI is InChI=1S/C18H29N3/c1-4-6-8-10-14-18(3,13-7-5-2)17-19-16-12-9-11-15-21(16)20-17/h9,11-12,15H,4-8,10,13-14H2,1-3H3. The van der Waals surface area contributed by atoms with Crippen molar-refractivity contribution in [1.29, 1.82) is 0 Å². The summed E-state index contributed by atoms with van der Waals surface area (Å²) in [6.45, 7) is 6.87.